The topological polar surface area (TPSA) is 59.1 Å². The molecule has 0 amide bonds. The van der Waals surface area contributed by atoms with Crippen molar-refractivity contribution in [1.82, 2.24) is 4.98 Å². The molecule has 5 heteroatoms. The van der Waals surface area contributed by atoms with E-state index in [0.29, 0.717) is 12.4 Å². The molecule has 0 bridgehead atoms. The lowest BCUT2D eigenvalue weighted by Gasteiger charge is -2.09. The van der Waals surface area contributed by atoms with Crippen LogP contribution in [0.15, 0.2) is 47.5 Å². The van der Waals surface area contributed by atoms with Crippen LogP contribution in [0.25, 0.3) is 0 Å². The predicted octanol–water partition coefficient (Wildman–Crippen LogP) is 2.70. The molecule has 0 fully saturated rings. The van der Waals surface area contributed by atoms with E-state index in [1.165, 1.54) is 17.4 Å². The molecule has 2 aromatic rings. The molecular weight excluding hydrogens is 284 g/mol. The first-order chi connectivity index (χ1) is 10.0. The van der Waals surface area contributed by atoms with E-state index in [4.69, 9.17) is 0 Å². The van der Waals surface area contributed by atoms with Gasteiger partial charge in [-0.2, -0.15) is 0 Å². The van der Waals surface area contributed by atoms with Crippen molar-refractivity contribution in [2.75, 3.05) is 18.1 Å². The molecule has 1 aromatic carbocycles. The minimum Gasteiger partial charge on any atom is -0.369 e. The van der Waals surface area contributed by atoms with Crippen LogP contribution < -0.4 is 5.32 Å². The Morgan fingerprint density at radius 1 is 1.10 bits per heavy atom. The third kappa shape index (κ3) is 4.29. The first kappa shape index (κ1) is 15.5. The number of benzene rings is 1. The number of pyridine rings is 1. The summed E-state index contributed by atoms with van der Waals surface area (Å²) in [5, 5.41) is 3.11. The molecular formula is C16H20N2O2S. The largest absolute Gasteiger partial charge is 0.369 e. The molecule has 0 radical (unpaired) electrons. The quantitative estimate of drug-likeness (QED) is 0.891. The molecule has 0 saturated carbocycles. The van der Waals surface area contributed by atoms with Crippen molar-refractivity contribution in [3.8, 4) is 0 Å². The van der Waals surface area contributed by atoms with Gasteiger partial charge in [0.05, 0.1) is 0 Å². The van der Waals surface area contributed by atoms with Crippen LogP contribution in [0.2, 0.25) is 0 Å². The number of nitrogens with zero attached hydrogens (tertiary/aromatic N) is 1. The number of hydrogen-bond donors (Lipinski definition) is 1. The molecule has 1 N–H and O–H groups in total. The number of nitrogens with one attached hydrogen (secondary N) is 1. The van der Waals surface area contributed by atoms with Gasteiger partial charge in [-0.05, 0) is 36.1 Å². The second-order valence-electron chi connectivity index (χ2n) is 4.97. The van der Waals surface area contributed by atoms with E-state index in [9.17, 15) is 8.42 Å². The molecule has 0 aliphatic heterocycles. The van der Waals surface area contributed by atoms with Crippen LogP contribution in [-0.2, 0) is 22.7 Å². The number of hydrogen-bond acceptors (Lipinski definition) is 4. The monoisotopic (exact) mass is 304 g/mol. The van der Waals surface area contributed by atoms with E-state index in [0.717, 1.165) is 12.8 Å². The van der Waals surface area contributed by atoms with Crippen molar-refractivity contribution < 1.29 is 8.42 Å². The SMILES string of the molecule is CCc1ccc(CCNc2ncccc2S(C)(=O)=O)cc1. The fourth-order valence-corrected chi connectivity index (χ4v) is 2.89. The van der Waals surface area contributed by atoms with Gasteiger partial charge in [0.2, 0.25) is 0 Å². The molecule has 0 aliphatic carbocycles. The maximum atomic E-state index is 11.7. The second kappa shape index (κ2) is 6.72. The smallest absolute Gasteiger partial charge is 0.179 e. The van der Waals surface area contributed by atoms with Gasteiger partial charge in [0.15, 0.2) is 9.84 Å². The Morgan fingerprint density at radius 2 is 1.76 bits per heavy atom. The first-order valence-corrected chi connectivity index (χ1v) is 8.86. The molecule has 1 heterocycles. The fourth-order valence-electron chi connectivity index (χ4n) is 2.09. The number of aromatic nitrogens is 1. The van der Waals surface area contributed by atoms with Crippen molar-refractivity contribution in [3.63, 3.8) is 0 Å². The Balaban J connectivity index is 2.00. The lowest BCUT2D eigenvalue weighted by molar-refractivity contribution is 0.602. The highest BCUT2D eigenvalue weighted by Crippen LogP contribution is 2.17. The lowest BCUT2D eigenvalue weighted by atomic mass is 10.1. The molecule has 0 saturated heterocycles. The number of aryl methyl sites for hydroxylation is 1. The Labute approximate surface area is 126 Å². The van der Waals surface area contributed by atoms with Crippen LogP contribution in [0, 0.1) is 0 Å². The molecule has 21 heavy (non-hydrogen) atoms. The Morgan fingerprint density at radius 3 is 2.38 bits per heavy atom. The summed E-state index contributed by atoms with van der Waals surface area (Å²) in [6, 6.07) is 11.7. The van der Waals surface area contributed by atoms with E-state index in [-0.39, 0.29) is 4.90 Å². The highest BCUT2D eigenvalue weighted by molar-refractivity contribution is 7.90. The van der Waals surface area contributed by atoms with Crippen LogP contribution >= 0.6 is 0 Å². The average molecular weight is 304 g/mol. The molecule has 2 rings (SSSR count). The zero-order valence-electron chi connectivity index (χ0n) is 12.3. The minimum absolute atomic E-state index is 0.242. The standard InChI is InChI=1S/C16H20N2O2S/c1-3-13-6-8-14(9-7-13)10-12-18-16-15(21(2,19)20)5-4-11-17-16/h4-9,11H,3,10,12H2,1-2H3,(H,17,18). The van der Waals surface area contributed by atoms with E-state index >= 15 is 0 Å². The van der Waals surface area contributed by atoms with Gasteiger partial charge in [-0.25, -0.2) is 13.4 Å². The summed E-state index contributed by atoms with van der Waals surface area (Å²) in [5.41, 5.74) is 2.53. The van der Waals surface area contributed by atoms with Gasteiger partial charge in [-0.15, -0.1) is 0 Å². The van der Waals surface area contributed by atoms with Crippen molar-refractivity contribution in [2.45, 2.75) is 24.7 Å². The molecule has 0 unspecified atom stereocenters. The lowest BCUT2D eigenvalue weighted by Crippen LogP contribution is -2.10. The van der Waals surface area contributed by atoms with Gasteiger partial charge in [0.1, 0.15) is 10.7 Å². The van der Waals surface area contributed by atoms with Crippen LogP contribution in [0.4, 0.5) is 5.82 Å². The van der Waals surface area contributed by atoms with Gasteiger partial charge in [0, 0.05) is 19.0 Å². The predicted molar refractivity (Wildman–Crippen MR) is 85.4 cm³/mol. The molecule has 4 nitrogen and oxygen atoms in total. The van der Waals surface area contributed by atoms with Gasteiger partial charge >= 0.3 is 0 Å². The van der Waals surface area contributed by atoms with Gasteiger partial charge in [-0.1, -0.05) is 31.2 Å². The van der Waals surface area contributed by atoms with E-state index < -0.39 is 9.84 Å². The van der Waals surface area contributed by atoms with Crippen molar-refractivity contribution in [3.05, 3.63) is 53.7 Å². The third-order valence-corrected chi connectivity index (χ3v) is 4.44. The van der Waals surface area contributed by atoms with E-state index in [1.54, 1.807) is 18.3 Å². The summed E-state index contributed by atoms with van der Waals surface area (Å²) in [4.78, 5) is 4.36. The Bertz CT molecular complexity index is 694. The van der Waals surface area contributed by atoms with Crippen molar-refractivity contribution in [1.29, 1.82) is 0 Å². The summed E-state index contributed by atoms with van der Waals surface area (Å²) in [7, 11) is -3.26. The Kier molecular flexibility index (Phi) is 4.96. The van der Waals surface area contributed by atoms with Gasteiger partial charge in [0.25, 0.3) is 0 Å². The molecule has 1 aromatic heterocycles. The number of anilines is 1. The zero-order chi connectivity index (χ0) is 15.3. The first-order valence-electron chi connectivity index (χ1n) is 6.97. The summed E-state index contributed by atoms with van der Waals surface area (Å²) in [6.45, 7) is 2.77. The highest BCUT2D eigenvalue weighted by Gasteiger charge is 2.13. The zero-order valence-corrected chi connectivity index (χ0v) is 13.2. The van der Waals surface area contributed by atoms with Gasteiger partial charge < -0.3 is 5.32 Å². The second-order valence-corrected chi connectivity index (χ2v) is 6.95. The summed E-state index contributed by atoms with van der Waals surface area (Å²) < 4.78 is 23.4. The van der Waals surface area contributed by atoms with E-state index in [1.807, 2.05) is 0 Å². The maximum Gasteiger partial charge on any atom is 0.179 e. The number of rotatable bonds is 6. The van der Waals surface area contributed by atoms with Crippen LogP contribution in [0.1, 0.15) is 18.1 Å². The average Bonchev–Trinajstić information content (AvgIpc) is 2.47. The highest BCUT2D eigenvalue weighted by atomic mass is 32.2. The minimum atomic E-state index is -3.26. The Hall–Kier alpha value is -1.88. The van der Waals surface area contributed by atoms with Crippen molar-refractivity contribution in [2.24, 2.45) is 0 Å². The van der Waals surface area contributed by atoms with E-state index in [2.05, 4.69) is 41.5 Å². The fraction of sp³-hybridized carbons (Fsp3) is 0.312. The van der Waals surface area contributed by atoms with Crippen LogP contribution in [-0.4, -0.2) is 26.2 Å². The third-order valence-electron chi connectivity index (χ3n) is 3.31. The molecule has 0 aliphatic rings. The normalized spacial score (nSPS) is 11.3. The summed E-state index contributed by atoms with van der Waals surface area (Å²) >= 11 is 0. The molecule has 112 valence electrons. The van der Waals surface area contributed by atoms with Crippen LogP contribution in [0.3, 0.4) is 0 Å². The summed E-state index contributed by atoms with van der Waals surface area (Å²) in [6.07, 6.45) is 4.64. The van der Waals surface area contributed by atoms with Gasteiger partial charge in [-0.3, -0.25) is 0 Å². The number of sulfone groups is 1. The molecule has 0 atom stereocenters. The van der Waals surface area contributed by atoms with Crippen molar-refractivity contribution >= 4 is 15.7 Å². The van der Waals surface area contributed by atoms with Crippen LogP contribution in [0.5, 0.6) is 0 Å². The maximum absolute atomic E-state index is 11.7. The molecule has 0 spiro atoms. The summed E-state index contributed by atoms with van der Waals surface area (Å²) in [5.74, 6) is 0.421.